The van der Waals surface area contributed by atoms with E-state index in [9.17, 15) is 4.79 Å². The lowest BCUT2D eigenvalue weighted by atomic mass is 9.95. The molecule has 0 spiro atoms. The molecule has 0 atom stereocenters. The number of nitrogens with two attached hydrogens (primary N) is 1. The van der Waals surface area contributed by atoms with Crippen LogP contribution < -0.4 is 5.73 Å². The molecule has 0 aromatic heterocycles. The summed E-state index contributed by atoms with van der Waals surface area (Å²) in [6.07, 6.45) is 2.72. The minimum absolute atomic E-state index is 0.141. The Labute approximate surface area is 84.1 Å². The second-order valence-corrected chi connectivity index (χ2v) is 4.31. The van der Waals surface area contributed by atoms with Crippen molar-refractivity contribution in [1.29, 1.82) is 0 Å². The molecule has 2 heteroatoms. The predicted octanol–water partition coefficient (Wildman–Crippen LogP) is 1.80. The molecule has 74 valence electrons. The van der Waals surface area contributed by atoms with Crippen LogP contribution in [0.15, 0.2) is 24.3 Å². The molecule has 2 nitrogen and oxygen atoms in total. The quantitative estimate of drug-likeness (QED) is 0.774. The number of primary amides is 1. The topological polar surface area (TPSA) is 43.1 Å². The van der Waals surface area contributed by atoms with Crippen LogP contribution in [0.2, 0.25) is 0 Å². The highest BCUT2D eigenvalue weighted by atomic mass is 16.1. The van der Waals surface area contributed by atoms with Crippen molar-refractivity contribution >= 4 is 5.91 Å². The van der Waals surface area contributed by atoms with Gasteiger partial charge in [-0.05, 0) is 31.7 Å². The molecule has 1 aromatic carbocycles. The summed E-state index contributed by atoms with van der Waals surface area (Å²) in [7, 11) is 0. The second-order valence-electron chi connectivity index (χ2n) is 4.31. The maximum atomic E-state index is 11.2. The summed E-state index contributed by atoms with van der Waals surface area (Å²) in [4.78, 5) is 11.2. The molecule has 1 aromatic rings. The number of hydrogen-bond acceptors (Lipinski definition) is 1. The van der Waals surface area contributed by atoms with Crippen molar-refractivity contribution in [3.05, 3.63) is 35.4 Å². The van der Waals surface area contributed by atoms with Crippen LogP contribution >= 0.6 is 0 Å². The van der Waals surface area contributed by atoms with Crippen LogP contribution in [0.4, 0.5) is 0 Å². The van der Waals surface area contributed by atoms with Gasteiger partial charge in [-0.3, -0.25) is 4.79 Å². The van der Waals surface area contributed by atoms with E-state index in [1.807, 2.05) is 0 Å². The van der Waals surface area contributed by atoms with Crippen LogP contribution in [-0.4, -0.2) is 5.91 Å². The van der Waals surface area contributed by atoms with Crippen LogP contribution in [0.5, 0.6) is 0 Å². The fourth-order valence-corrected chi connectivity index (χ4v) is 1.76. The molecule has 1 aliphatic carbocycles. The van der Waals surface area contributed by atoms with E-state index >= 15 is 0 Å². The largest absolute Gasteiger partial charge is 0.369 e. The Kier molecular flexibility index (Phi) is 2.06. The molecule has 1 fully saturated rings. The predicted molar refractivity (Wildman–Crippen MR) is 55.7 cm³/mol. The number of benzene rings is 1. The molecule has 0 saturated heterocycles. The maximum Gasteiger partial charge on any atom is 0.223 e. The van der Waals surface area contributed by atoms with Gasteiger partial charge in [0.05, 0.1) is 5.41 Å². The third kappa shape index (κ3) is 1.65. The Balaban J connectivity index is 2.11. The molecule has 0 bridgehead atoms. The normalized spacial score (nSPS) is 17.8. The van der Waals surface area contributed by atoms with Gasteiger partial charge in [-0.15, -0.1) is 0 Å². The number of hydrogen-bond donors (Lipinski definition) is 1. The van der Waals surface area contributed by atoms with Gasteiger partial charge < -0.3 is 5.73 Å². The Morgan fingerprint density at radius 1 is 1.36 bits per heavy atom. The lowest BCUT2D eigenvalue weighted by Gasteiger charge is -2.10. The molecule has 1 amide bonds. The van der Waals surface area contributed by atoms with Crippen molar-refractivity contribution in [3.63, 3.8) is 0 Å². The minimum atomic E-state index is -0.213. The molecule has 2 N–H and O–H groups in total. The zero-order valence-corrected chi connectivity index (χ0v) is 8.42. The van der Waals surface area contributed by atoms with Gasteiger partial charge in [0.2, 0.25) is 5.91 Å². The first-order valence-corrected chi connectivity index (χ1v) is 4.98. The highest BCUT2D eigenvalue weighted by molar-refractivity contribution is 5.83. The molecular weight excluding hydrogens is 174 g/mol. The number of carbonyl (C=O) groups excluding carboxylic acids is 1. The number of carbonyl (C=O) groups is 1. The molecule has 1 saturated carbocycles. The van der Waals surface area contributed by atoms with Gasteiger partial charge in [0.1, 0.15) is 0 Å². The first-order chi connectivity index (χ1) is 6.62. The zero-order chi connectivity index (χ0) is 10.2. The summed E-state index contributed by atoms with van der Waals surface area (Å²) in [5, 5.41) is 0. The van der Waals surface area contributed by atoms with E-state index in [0.717, 1.165) is 19.3 Å². The van der Waals surface area contributed by atoms with Crippen molar-refractivity contribution in [3.8, 4) is 0 Å². The maximum absolute atomic E-state index is 11.2. The van der Waals surface area contributed by atoms with Gasteiger partial charge in [-0.25, -0.2) is 0 Å². The van der Waals surface area contributed by atoms with Gasteiger partial charge in [0.15, 0.2) is 0 Å². The molecule has 14 heavy (non-hydrogen) atoms. The van der Waals surface area contributed by atoms with Gasteiger partial charge in [-0.1, -0.05) is 29.8 Å². The molecule has 0 unspecified atom stereocenters. The van der Waals surface area contributed by atoms with E-state index in [2.05, 4.69) is 31.2 Å². The smallest absolute Gasteiger partial charge is 0.223 e. The monoisotopic (exact) mass is 189 g/mol. The van der Waals surface area contributed by atoms with Gasteiger partial charge in [0, 0.05) is 0 Å². The fraction of sp³-hybridized carbons (Fsp3) is 0.417. The van der Waals surface area contributed by atoms with Gasteiger partial charge in [-0.2, -0.15) is 0 Å². The standard InChI is InChI=1S/C12H15NO/c1-9-2-4-10(5-3-9)8-12(6-7-12)11(13)14/h2-5H,6-8H2,1H3,(H2,13,14). The Morgan fingerprint density at radius 2 is 1.93 bits per heavy atom. The van der Waals surface area contributed by atoms with Gasteiger partial charge in [0.25, 0.3) is 0 Å². The molecular formula is C12H15NO. The summed E-state index contributed by atoms with van der Waals surface area (Å²) in [5.41, 5.74) is 7.62. The van der Waals surface area contributed by atoms with Crippen LogP contribution in [0, 0.1) is 12.3 Å². The average Bonchev–Trinajstić information content (AvgIpc) is 2.90. The van der Waals surface area contributed by atoms with Crippen LogP contribution in [0.3, 0.4) is 0 Å². The molecule has 2 rings (SSSR count). The van der Waals surface area contributed by atoms with E-state index < -0.39 is 0 Å². The molecule has 1 aliphatic rings. The van der Waals surface area contributed by atoms with Crippen LogP contribution in [0.25, 0.3) is 0 Å². The third-order valence-electron chi connectivity index (χ3n) is 3.04. The highest BCUT2D eigenvalue weighted by Crippen LogP contribution is 2.47. The zero-order valence-electron chi connectivity index (χ0n) is 8.42. The fourth-order valence-electron chi connectivity index (χ4n) is 1.76. The first-order valence-electron chi connectivity index (χ1n) is 4.98. The summed E-state index contributed by atoms with van der Waals surface area (Å²) < 4.78 is 0. The summed E-state index contributed by atoms with van der Waals surface area (Å²) >= 11 is 0. The molecule has 0 heterocycles. The van der Waals surface area contributed by atoms with Crippen molar-refractivity contribution in [2.75, 3.05) is 0 Å². The SMILES string of the molecule is Cc1ccc(CC2(C(N)=O)CC2)cc1. The summed E-state index contributed by atoms with van der Waals surface area (Å²) in [6.45, 7) is 2.06. The molecule has 0 radical (unpaired) electrons. The summed E-state index contributed by atoms with van der Waals surface area (Å²) in [6, 6.07) is 8.31. The van der Waals surface area contributed by atoms with Crippen molar-refractivity contribution in [2.24, 2.45) is 11.1 Å². The van der Waals surface area contributed by atoms with E-state index in [1.54, 1.807) is 0 Å². The van der Waals surface area contributed by atoms with Crippen LogP contribution in [0.1, 0.15) is 24.0 Å². The van der Waals surface area contributed by atoms with Crippen LogP contribution in [-0.2, 0) is 11.2 Å². The van der Waals surface area contributed by atoms with E-state index in [1.165, 1.54) is 11.1 Å². The lowest BCUT2D eigenvalue weighted by molar-refractivity contribution is -0.123. The van der Waals surface area contributed by atoms with E-state index in [4.69, 9.17) is 5.73 Å². The Hall–Kier alpha value is -1.31. The number of amides is 1. The van der Waals surface area contributed by atoms with E-state index in [-0.39, 0.29) is 11.3 Å². The number of aryl methyl sites for hydroxylation is 1. The Morgan fingerprint density at radius 3 is 2.36 bits per heavy atom. The number of rotatable bonds is 3. The Bertz CT molecular complexity index is 349. The van der Waals surface area contributed by atoms with Crippen molar-refractivity contribution in [1.82, 2.24) is 0 Å². The van der Waals surface area contributed by atoms with Gasteiger partial charge >= 0.3 is 0 Å². The average molecular weight is 189 g/mol. The van der Waals surface area contributed by atoms with Crippen molar-refractivity contribution in [2.45, 2.75) is 26.2 Å². The lowest BCUT2D eigenvalue weighted by Crippen LogP contribution is -2.26. The minimum Gasteiger partial charge on any atom is -0.369 e. The first kappa shape index (κ1) is 9.25. The third-order valence-corrected chi connectivity index (χ3v) is 3.04. The summed E-state index contributed by atoms with van der Waals surface area (Å²) in [5.74, 6) is -0.141. The molecule has 0 aliphatic heterocycles. The second kappa shape index (κ2) is 3.12. The van der Waals surface area contributed by atoms with E-state index in [0.29, 0.717) is 0 Å². The highest BCUT2D eigenvalue weighted by Gasteiger charge is 2.48. The van der Waals surface area contributed by atoms with Crippen molar-refractivity contribution < 1.29 is 4.79 Å².